The number of halogens is 2. The zero-order chi connectivity index (χ0) is 46.5. The van der Waals surface area contributed by atoms with Crippen LogP contribution in [0.25, 0.3) is 0 Å². The van der Waals surface area contributed by atoms with Gasteiger partial charge in [-0.2, -0.15) is 0 Å². The van der Waals surface area contributed by atoms with Crippen LogP contribution in [0.4, 0.5) is 5.69 Å². The van der Waals surface area contributed by atoms with Crippen LogP contribution in [0.3, 0.4) is 0 Å². The van der Waals surface area contributed by atoms with Crippen LogP contribution in [0.1, 0.15) is 60.9 Å². The van der Waals surface area contributed by atoms with E-state index in [4.69, 9.17) is 61.1 Å². The normalized spacial score (nSPS) is 16.3. The molecule has 1 aliphatic carbocycles. The molecule has 2 aromatic carbocycles. The molecular formula is C46H64Cl2N4O13. The predicted molar refractivity (Wildman–Crippen MR) is 243 cm³/mol. The van der Waals surface area contributed by atoms with Crippen molar-refractivity contribution in [1.29, 1.82) is 0 Å². The summed E-state index contributed by atoms with van der Waals surface area (Å²) in [6.45, 7) is 9.05. The van der Waals surface area contributed by atoms with Crippen molar-refractivity contribution < 1.29 is 61.9 Å². The smallest absolute Gasteiger partial charge is 0.258 e. The molecule has 2 aromatic rings. The lowest BCUT2D eigenvalue weighted by molar-refractivity contribution is -0.137. The third kappa shape index (κ3) is 21.4. The average Bonchev–Trinajstić information content (AvgIpc) is 3.91. The summed E-state index contributed by atoms with van der Waals surface area (Å²) in [4.78, 5) is 61.1. The zero-order valence-electron chi connectivity index (χ0n) is 37.2. The van der Waals surface area contributed by atoms with Gasteiger partial charge in [-0.15, -0.1) is 0 Å². The summed E-state index contributed by atoms with van der Waals surface area (Å²) in [5.74, 6) is -0.685. The van der Waals surface area contributed by atoms with Gasteiger partial charge in [-0.05, 0) is 67.9 Å². The number of benzene rings is 2. The van der Waals surface area contributed by atoms with Crippen LogP contribution in [0.5, 0.6) is 0 Å². The molecule has 1 heterocycles. The molecule has 1 fully saturated rings. The fourth-order valence-corrected chi connectivity index (χ4v) is 7.56. The Bertz CT molecular complexity index is 1750. The lowest BCUT2D eigenvalue weighted by Gasteiger charge is -2.21. The maximum absolute atomic E-state index is 12.7. The first-order valence-corrected chi connectivity index (χ1v) is 22.9. The number of nitrogens with one attached hydrogen (secondary N) is 3. The Morgan fingerprint density at radius 2 is 1.11 bits per heavy atom. The molecular weight excluding hydrogens is 887 g/mol. The van der Waals surface area contributed by atoms with Gasteiger partial charge >= 0.3 is 0 Å². The van der Waals surface area contributed by atoms with Gasteiger partial charge in [0.1, 0.15) is 0 Å². The highest BCUT2D eigenvalue weighted by atomic mass is 35.5. The van der Waals surface area contributed by atoms with E-state index in [9.17, 15) is 24.0 Å². The monoisotopic (exact) mass is 950 g/mol. The molecule has 0 aromatic heterocycles. The molecule has 0 bridgehead atoms. The Hall–Kier alpha value is -4.01. The molecule has 65 heavy (non-hydrogen) atoms. The second-order valence-corrected chi connectivity index (χ2v) is 16.0. The van der Waals surface area contributed by atoms with Crippen LogP contribution < -0.4 is 16.0 Å². The Kier molecular flexibility index (Phi) is 26.2. The first-order chi connectivity index (χ1) is 31.6. The highest BCUT2D eigenvalue weighted by Crippen LogP contribution is 2.40. The van der Waals surface area contributed by atoms with Gasteiger partial charge in [-0.1, -0.05) is 41.4 Å². The van der Waals surface area contributed by atoms with E-state index in [1.807, 2.05) is 24.3 Å². The van der Waals surface area contributed by atoms with Crippen molar-refractivity contribution in [2.75, 3.05) is 124 Å². The van der Waals surface area contributed by atoms with Gasteiger partial charge in [-0.3, -0.25) is 28.9 Å². The number of hydrogen-bond acceptors (Lipinski definition) is 13. The van der Waals surface area contributed by atoms with Crippen LogP contribution in [-0.4, -0.2) is 159 Å². The topological polar surface area (TPSA) is 199 Å². The van der Waals surface area contributed by atoms with Crippen LogP contribution in [-0.2, 0) is 57.1 Å². The number of carbonyl (C=O) groups excluding carboxylic acids is 5. The minimum Gasteiger partial charge on any atom is -0.379 e. The number of amides is 5. The van der Waals surface area contributed by atoms with Crippen molar-refractivity contribution in [3.05, 3.63) is 75.8 Å². The Morgan fingerprint density at radius 1 is 0.631 bits per heavy atom. The van der Waals surface area contributed by atoms with Crippen LogP contribution in [0, 0.1) is 5.92 Å². The van der Waals surface area contributed by atoms with Crippen LogP contribution in [0.15, 0.2) is 54.6 Å². The molecule has 4 rings (SSSR count). The fraction of sp³-hybridized carbons (Fsp3) is 0.587. The van der Waals surface area contributed by atoms with E-state index < -0.39 is 11.8 Å². The highest BCUT2D eigenvalue weighted by molar-refractivity contribution is 6.40. The maximum atomic E-state index is 12.7. The molecule has 5 amide bonds. The first kappa shape index (κ1) is 53.6. The molecule has 0 saturated heterocycles. The van der Waals surface area contributed by atoms with E-state index in [1.165, 1.54) is 17.7 Å². The molecule has 3 atom stereocenters. The van der Waals surface area contributed by atoms with Crippen molar-refractivity contribution in [3.63, 3.8) is 0 Å². The molecule has 1 saturated carbocycles. The van der Waals surface area contributed by atoms with E-state index in [0.717, 1.165) is 24.2 Å². The number of anilines is 1. The number of rotatable bonds is 35. The number of carbonyl (C=O) groups is 5. The molecule has 3 N–H and O–H groups in total. The summed E-state index contributed by atoms with van der Waals surface area (Å²) in [5.41, 5.74) is 2.12. The van der Waals surface area contributed by atoms with E-state index in [1.54, 1.807) is 18.2 Å². The highest BCUT2D eigenvalue weighted by Gasteiger charge is 2.30. The summed E-state index contributed by atoms with van der Waals surface area (Å²) in [7, 11) is 0. The van der Waals surface area contributed by atoms with Gasteiger partial charge in [0.25, 0.3) is 17.7 Å². The Labute approximate surface area is 391 Å². The number of nitrogens with zero attached hydrogens (tertiary/aromatic N) is 1. The molecule has 0 radical (unpaired) electrons. The van der Waals surface area contributed by atoms with E-state index in [-0.39, 0.29) is 48.7 Å². The number of imide groups is 1. The van der Waals surface area contributed by atoms with Gasteiger partial charge in [0.2, 0.25) is 11.8 Å². The second-order valence-electron chi connectivity index (χ2n) is 15.2. The van der Waals surface area contributed by atoms with Crippen molar-refractivity contribution in [2.45, 2.75) is 51.0 Å². The molecule has 360 valence electrons. The summed E-state index contributed by atoms with van der Waals surface area (Å²) in [6, 6.07) is 12.9. The SMILES string of the molecule is CC(NC(=O)CCOCCOCCOCCOCCOCCOCCOCCOCCNC(=O)CCN1C(=O)C=CC1=O)C1CCC(c2ccc(NC(=O)c3c(Cl)cccc3Cl)cc2)C1. The fourth-order valence-electron chi connectivity index (χ4n) is 6.99. The molecule has 3 unspecified atom stereocenters. The van der Waals surface area contributed by atoms with Crippen molar-refractivity contribution in [1.82, 2.24) is 15.5 Å². The summed E-state index contributed by atoms with van der Waals surface area (Å²) >= 11 is 12.4. The van der Waals surface area contributed by atoms with Gasteiger partial charge in [0.15, 0.2) is 0 Å². The van der Waals surface area contributed by atoms with Crippen molar-refractivity contribution in [3.8, 4) is 0 Å². The lowest BCUT2D eigenvalue weighted by Crippen LogP contribution is -2.37. The zero-order valence-corrected chi connectivity index (χ0v) is 38.7. The molecule has 0 spiro atoms. The van der Waals surface area contributed by atoms with Gasteiger partial charge in [-0.25, -0.2) is 0 Å². The molecule has 1 aliphatic heterocycles. The average molecular weight is 952 g/mol. The second kappa shape index (κ2) is 31.8. The molecule has 17 nitrogen and oxygen atoms in total. The molecule has 2 aliphatic rings. The van der Waals surface area contributed by atoms with E-state index >= 15 is 0 Å². The largest absolute Gasteiger partial charge is 0.379 e. The van der Waals surface area contributed by atoms with Gasteiger partial charge in [0.05, 0.1) is 121 Å². The quantitative estimate of drug-likeness (QED) is 0.0642. The summed E-state index contributed by atoms with van der Waals surface area (Å²) < 4.78 is 44.0. The third-order valence-corrected chi connectivity index (χ3v) is 11.1. The number of hydrogen-bond donors (Lipinski definition) is 3. The third-order valence-electron chi connectivity index (χ3n) is 10.5. The van der Waals surface area contributed by atoms with Crippen molar-refractivity contribution >= 4 is 58.4 Å². The predicted octanol–water partition coefficient (Wildman–Crippen LogP) is 4.59. The van der Waals surface area contributed by atoms with Crippen molar-refractivity contribution in [2.24, 2.45) is 5.92 Å². The Balaban J connectivity index is 0.838. The van der Waals surface area contributed by atoms with Gasteiger partial charge < -0.3 is 53.8 Å². The first-order valence-electron chi connectivity index (χ1n) is 22.2. The Morgan fingerprint density at radius 3 is 1.62 bits per heavy atom. The van der Waals surface area contributed by atoms with Crippen LogP contribution in [0.2, 0.25) is 10.0 Å². The minimum atomic E-state index is -0.403. The standard InChI is InChI=1S/C46H64Cl2N4O13/c1-34(36-5-6-37(33-36)35-7-9-38(10-8-35)51-46(57)45-39(47)3-2-4-40(45)48)50-42(54)14-17-58-19-21-60-23-25-62-27-29-64-31-32-65-30-28-63-26-24-61-22-20-59-18-15-49-41(53)13-16-52-43(55)11-12-44(52)56/h2-4,7-12,34,36-37H,5-6,13-33H2,1H3,(H,49,53)(H,50,54)(H,51,57). The van der Waals surface area contributed by atoms with Crippen LogP contribution >= 0.6 is 23.2 Å². The lowest BCUT2D eigenvalue weighted by atomic mass is 9.93. The number of ether oxygens (including phenoxy) is 8. The maximum Gasteiger partial charge on any atom is 0.258 e. The summed E-state index contributed by atoms with van der Waals surface area (Å²) in [6.07, 6.45) is 5.75. The van der Waals surface area contributed by atoms with E-state index in [0.29, 0.717) is 140 Å². The molecule has 19 heteroatoms. The van der Waals surface area contributed by atoms with E-state index in [2.05, 4.69) is 22.9 Å². The minimum absolute atomic E-state index is 0.0275. The van der Waals surface area contributed by atoms with Gasteiger partial charge in [0, 0.05) is 49.8 Å². The summed E-state index contributed by atoms with van der Waals surface area (Å²) in [5, 5.41) is 9.29.